The highest BCUT2D eigenvalue weighted by molar-refractivity contribution is 8.18. The van der Waals surface area contributed by atoms with Gasteiger partial charge in [-0.2, -0.15) is 5.26 Å². The summed E-state index contributed by atoms with van der Waals surface area (Å²) in [6, 6.07) is 19.7. The van der Waals surface area contributed by atoms with Crippen LogP contribution >= 0.6 is 11.8 Å². The van der Waals surface area contributed by atoms with E-state index in [4.69, 9.17) is 5.26 Å². The predicted molar refractivity (Wildman–Crippen MR) is 114 cm³/mol. The van der Waals surface area contributed by atoms with Crippen molar-refractivity contribution in [2.45, 2.75) is 13.5 Å². The molecule has 28 heavy (non-hydrogen) atoms. The van der Waals surface area contributed by atoms with Crippen molar-refractivity contribution in [1.82, 2.24) is 9.47 Å². The van der Waals surface area contributed by atoms with E-state index in [1.165, 1.54) is 11.8 Å². The summed E-state index contributed by atoms with van der Waals surface area (Å²) in [6.45, 7) is 2.78. The van der Waals surface area contributed by atoms with E-state index in [-0.39, 0.29) is 12.5 Å². The third kappa shape index (κ3) is 3.32. The zero-order chi connectivity index (χ0) is 19.5. The second-order valence-electron chi connectivity index (χ2n) is 6.28. The Morgan fingerprint density at radius 3 is 2.64 bits per heavy atom. The van der Waals surface area contributed by atoms with Crippen molar-refractivity contribution in [3.8, 4) is 6.07 Å². The number of hydrogen-bond donors (Lipinski definition) is 0. The molecule has 0 atom stereocenters. The molecular weight excluding hydrogens is 368 g/mol. The fraction of sp³-hybridized carbons (Fsp3) is 0.136. The number of aliphatic imine (C=N–C) groups is 1. The molecule has 0 radical (unpaired) electrons. The van der Waals surface area contributed by atoms with E-state index in [2.05, 4.69) is 11.1 Å². The fourth-order valence-corrected chi connectivity index (χ4v) is 4.27. The molecular formula is C22H18N4OS. The Kier molecular flexibility index (Phi) is 5.00. The number of para-hydroxylation sites is 2. The van der Waals surface area contributed by atoms with Crippen LogP contribution in [0.25, 0.3) is 17.0 Å². The highest BCUT2D eigenvalue weighted by Crippen LogP contribution is 2.35. The molecule has 1 fully saturated rings. The summed E-state index contributed by atoms with van der Waals surface area (Å²) in [5, 5.41) is 10.8. The molecule has 6 heteroatoms. The van der Waals surface area contributed by atoms with Crippen molar-refractivity contribution in [1.29, 1.82) is 5.26 Å². The van der Waals surface area contributed by atoms with Crippen LogP contribution < -0.4 is 0 Å². The first-order valence-corrected chi connectivity index (χ1v) is 9.83. The van der Waals surface area contributed by atoms with Crippen molar-refractivity contribution in [3.63, 3.8) is 0 Å². The number of benzene rings is 2. The van der Waals surface area contributed by atoms with Crippen LogP contribution in [0.5, 0.6) is 0 Å². The molecule has 0 unspecified atom stereocenters. The Morgan fingerprint density at radius 1 is 1.14 bits per heavy atom. The second kappa shape index (κ2) is 7.75. The number of fused-ring (bicyclic) bond motifs is 1. The van der Waals surface area contributed by atoms with Gasteiger partial charge >= 0.3 is 0 Å². The molecule has 1 amide bonds. The minimum absolute atomic E-state index is 0.0423. The van der Waals surface area contributed by atoms with Gasteiger partial charge in [-0.15, -0.1) is 0 Å². The van der Waals surface area contributed by atoms with Gasteiger partial charge in [0.05, 0.1) is 16.7 Å². The molecule has 0 spiro atoms. The number of nitrogens with zero attached hydrogens (tertiary/aromatic N) is 4. The molecule has 2 heterocycles. The second-order valence-corrected chi connectivity index (χ2v) is 7.29. The zero-order valence-electron chi connectivity index (χ0n) is 15.4. The fourth-order valence-electron chi connectivity index (χ4n) is 3.22. The first-order chi connectivity index (χ1) is 13.7. The summed E-state index contributed by atoms with van der Waals surface area (Å²) in [4.78, 5) is 19.9. The molecule has 138 valence electrons. The summed E-state index contributed by atoms with van der Waals surface area (Å²) in [5.41, 5.74) is 2.73. The average Bonchev–Trinajstić information content (AvgIpc) is 3.21. The summed E-state index contributed by atoms with van der Waals surface area (Å²) < 4.78 is 1.91. The highest BCUT2D eigenvalue weighted by atomic mass is 32.2. The summed E-state index contributed by atoms with van der Waals surface area (Å²) >= 11 is 1.39. The van der Waals surface area contributed by atoms with Gasteiger partial charge in [0.15, 0.2) is 5.17 Å². The number of hydrogen-bond acceptors (Lipinski definition) is 4. The van der Waals surface area contributed by atoms with E-state index in [0.717, 1.165) is 22.2 Å². The van der Waals surface area contributed by atoms with E-state index in [9.17, 15) is 4.79 Å². The molecule has 1 aliphatic rings. The number of thioether (sulfide) groups is 1. The number of nitriles is 1. The maximum Gasteiger partial charge on any atom is 0.266 e. The Balaban J connectivity index is 1.75. The standard InChI is InChI=1S/C22H18N4OS/c1-2-26-21(27)20(28-22(26)24-17-8-4-3-5-9-17)14-16-15-25(13-12-23)19-11-7-6-10-18(16)19/h3-11,14-15H,2,13H2,1H3. The van der Waals surface area contributed by atoms with Crippen molar-refractivity contribution in [2.75, 3.05) is 6.54 Å². The highest BCUT2D eigenvalue weighted by Gasteiger charge is 2.32. The van der Waals surface area contributed by atoms with E-state index in [1.807, 2.05) is 78.4 Å². The Hall–Kier alpha value is -3.30. The number of rotatable bonds is 4. The number of carbonyl (C=O) groups is 1. The topological polar surface area (TPSA) is 61.4 Å². The largest absolute Gasteiger partial charge is 0.333 e. The molecule has 0 N–H and O–H groups in total. The van der Waals surface area contributed by atoms with Crippen LogP contribution in [0.1, 0.15) is 12.5 Å². The quantitative estimate of drug-likeness (QED) is 0.606. The summed E-state index contributed by atoms with van der Waals surface area (Å²) in [7, 11) is 0. The maximum atomic E-state index is 12.9. The number of aromatic nitrogens is 1. The van der Waals surface area contributed by atoms with Gasteiger partial charge in [0.1, 0.15) is 6.54 Å². The van der Waals surface area contributed by atoms with Crippen LogP contribution in [-0.2, 0) is 11.3 Å². The predicted octanol–water partition coefficient (Wildman–Crippen LogP) is 4.79. The molecule has 0 aliphatic carbocycles. The van der Waals surface area contributed by atoms with Gasteiger partial charge in [0.25, 0.3) is 5.91 Å². The Morgan fingerprint density at radius 2 is 1.89 bits per heavy atom. The van der Waals surface area contributed by atoms with Gasteiger partial charge in [0, 0.05) is 29.2 Å². The summed E-state index contributed by atoms with van der Waals surface area (Å²) in [5.74, 6) is -0.0423. The lowest BCUT2D eigenvalue weighted by Crippen LogP contribution is -2.28. The molecule has 4 rings (SSSR count). The van der Waals surface area contributed by atoms with Crippen LogP contribution in [0.4, 0.5) is 5.69 Å². The van der Waals surface area contributed by atoms with Gasteiger partial charge in [-0.25, -0.2) is 4.99 Å². The zero-order valence-corrected chi connectivity index (χ0v) is 16.2. The third-order valence-electron chi connectivity index (χ3n) is 4.53. The monoisotopic (exact) mass is 386 g/mol. The lowest BCUT2D eigenvalue weighted by Gasteiger charge is -2.11. The number of likely N-dealkylation sites (N-methyl/N-ethyl adjacent to an activating group) is 1. The molecule has 2 aromatic carbocycles. The molecule has 0 bridgehead atoms. The van der Waals surface area contributed by atoms with Crippen LogP contribution in [-0.4, -0.2) is 27.1 Å². The van der Waals surface area contributed by atoms with Gasteiger partial charge in [-0.05, 0) is 43.0 Å². The molecule has 0 saturated carbocycles. The van der Waals surface area contributed by atoms with Crippen molar-refractivity contribution < 1.29 is 4.79 Å². The number of carbonyl (C=O) groups excluding carboxylic acids is 1. The lowest BCUT2D eigenvalue weighted by molar-refractivity contribution is -0.122. The van der Waals surface area contributed by atoms with Crippen molar-refractivity contribution in [3.05, 3.63) is 71.3 Å². The molecule has 5 nitrogen and oxygen atoms in total. The molecule has 1 aromatic heterocycles. The first kappa shape index (κ1) is 18.1. The first-order valence-electron chi connectivity index (χ1n) is 9.01. The molecule has 3 aromatic rings. The number of amides is 1. The van der Waals surface area contributed by atoms with Crippen molar-refractivity contribution >= 4 is 45.5 Å². The van der Waals surface area contributed by atoms with E-state index >= 15 is 0 Å². The summed E-state index contributed by atoms with van der Waals surface area (Å²) in [6.07, 6.45) is 3.83. The van der Waals surface area contributed by atoms with Gasteiger partial charge in [-0.3, -0.25) is 9.69 Å². The van der Waals surface area contributed by atoms with Gasteiger partial charge in [0.2, 0.25) is 0 Å². The van der Waals surface area contributed by atoms with Crippen molar-refractivity contribution in [2.24, 2.45) is 4.99 Å². The van der Waals surface area contributed by atoms with Crippen LogP contribution in [0.3, 0.4) is 0 Å². The minimum atomic E-state index is -0.0423. The van der Waals surface area contributed by atoms with Crippen LogP contribution in [0, 0.1) is 11.3 Å². The number of amidine groups is 1. The maximum absolute atomic E-state index is 12.9. The lowest BCUT2D eigenvalue weighted by atomic mass is 10.1. The Bertz CT molecular complexity index is 1140. The molecule has 1 aliphatic heterocycles. The third-order valence-corrected chi connectivity index (χ3v) is 5.54. The van der Waals surface area contributed by atoms with Gasteiger partial charge in [-0.1, -0.05) is 36.4 Å². The minimum Gasteiger partial charge on any atom is -0.333 e. The van der Waals surface area contributed by atoms with E-state index in [1.54, 1.807) is 4.90 Å². The normalized spacial score (nSPS) is 17.0. The SMILES string of the molecule is CCN1C(=O)C(=Cc2cn(CC#N)c3ccccc23)SC1=Nc1ccccc1. The van der Waals surface area contributed by atoms with Crippen LogP contribution in [0.15, 0.2) is 70.7 Å². The Labute approximate surface area is 167 Å². The van der Waals surface area contributed by atoms with E-state index in [0.29, 0.717) is 16.6 Å². The molecule has 1 saturated heterocycles. The van der Waals surface area contributed by atoms with Gasteiger partial charge < -0.3 is 4.57 Å². The average molecular weight is 386 g/mol. The van der Waals surface area contributed by atoms with E-state index < -0.39 is 0 Å². The smallest absolute Gasteiger partial charge is 0.266 e. The van der Waals surface area contributed by atoms with Crippen LogP contribution in [0.2, 0.25) is 0 Å².